The number of ether oxygens (including phenoxy) is 1. The Kier molecular flexibility index (Phi) is 4.26. The summed E-state index contributed by atoms with van der Waals surface area (Å²) in [6.07, 6.45) is 0.711. The van der Waals surface area contributed by atoms with Crippen molar-refractivity contribution in [3.63, 3.8) is 0 Å². The van der Waals surface area contributed by atoms with Crippen LogP contribution in [0.5, 0.6) is 0 Å². The third kappa shape index (κ3) is 4.36. The van der Waals surface area contributed by atoms with Crippen LogP contribution in [-0.4, -0.2) is 19.0 Å². The summed E-state index contributed by atoms with van der Waals surface area (Å²) in [5.74, 6) is -0.943. The maximum Gasteiger partial charge on any atom is 0.305 e. The molecule has 0 aliphatic rings. The molecule has 0 aliphatic carbocycles. The molecule has 0 aromatic rings. The largest absolute Gasteiger partial charge is 0.469 e. The number of carbonyl (C=O) groups excluding carboxylic acids is 2. The fourth-order valence-corrected chi connectivity index (χ4v) is 0.579. The molecule has 11 heavy (non-hydrogen) atoms. The van der Waals surface area contributed by atoms with Crippen LogP contribution in [0.25, 0.3) is 0 Å². The van der Waals surface area contributed by atoms with E-state index in [0.717, 1.165) is 0 Å². The van der Waals surface area contributed by atoms with Crippen molar-refractivity contribution in [1.82, 2.24) is 0 Å². The average molecular weight is 159 g/mol. The highest BCUT2D eigenvalue weighted by Gasteiger charge is 2.10. The summed E-state index contributed by atoms with van der Waals surface area (Å²) in [6, 6.07) is 0. The van der Waals surface area contributed by atoms with Crippen LogP contribution in [-0.2, 0) is 14.3 Å². The quantitative estimate of drug-likeness (QED) is 0.590. The number of nitrogens with two attached hydrogens (primary N) is 1. The molecule has 0 radical (unpaired) electrons. The smallest absolute Gasteiger partial charge is 0.305 e. The molecule has 1 amide bonds. The number of carbonyl (C=O) groups is 2. The number of primary amides is 1. The zero-order chi connectivity index (χ0) is 8.85. The van der Waals surface area contributed by atoms with Crippen LogP contribution < -0.4 is 5.73 Å². The Morgan fingerprint density at radius 1 is 1.55 bits per heavy atom. The van der Waals surface area contributed by atoms with Gasteiger partial charge in [-0.1, -0.05) is 6.92 Å². The Balaban J connectivity index is 3.54. The topological polar surface area (TPSA) is 69.4 Å². The van der Waals surface area contributed by atoms with Crippen molar-refractivity contribution < 1.29 is 14.3 Å². The third-order valence-corrected chi connectivity index (χ3v) is 1.49. The van der Waals surface area contributed by atoms with Crippen LogP contribution in [0.1, 0.15) is 19.8 Å². The molecule has 2 N–H and O–H groups in total. The fraction of sp³-hybridized carbons (Fsp3) is 0.714. The number of rotatable bonds is 4. The van der Waals surface area contributed by atoms with Gasteiger partial charge >= 0.3 is 5.97 Å². The molecule has 0 heterocycles. The van der Waals surface area contributed by atoms with Gasteiger partial charge in [0.2, 0.25) is 5.91 Å². The highest BCUT2D eigenvalue weighted by atomic mass is 16.5. The highest BCUT2D eigenvalue weighted by molar-refractivity contribution is 5.77. The molecule has 1 atom stereocenters. The standard InChI is InChI=1S/C7H13NO3/c1-5(7(8)10)3-4-6(9)11-2/h5H,3-4H2,1-2H3,(H2,8,10)/t5-/m0/s1. The Morgan fingerprint density at radius 3 is 2.45 bits per heavy atom. The van der Waals surface area contributed by atoms with Crippen molar-refractivity contribution in [3.8, 4) is 0 Å². The monoisotopic (exact) mass is 159 g/mol. The van der Waals surface area contributed by atoms with Crippen LogP contribution in [0.4, 0.5) is 0 Å². The maximum absolute atomic E-state index is 10.6. The first-order valence-electron chi connectivity index (χ1n) is 3.44. The van der Waals surface area contributed by atoms with Gasteiger partial charge in [0, 0.05) is 12.3 Å². The molecular weight excluding hydrogens is 146 g/mol. The van der Waals surface area contributed by atoms with Gasteiger partial charge in [0.1, 0.15) is 0 Å². The molecule has 0 aliphatic heterocycles. The molecule has 0 fully saturated rings. The summed E-state index contributed by atoms with van der Waals surface area (Å²) >= 11 is 0. The van der Waals surface area contributed by atoms with Gasteiger partial charge in [-0.2, -0.15) is 0 Å². The highest BCUT2D eigenvalue weighted by Crippen LogP contribution is 2.04. The zero-order valence-corrected chi connectivity index (χ0v) is 6.79. The van der Waals surface area contributed by atoms with Crippen molar-refractivity contribution in [2.45, 2.75) is 19.8 Å². The van der Waals surface area contributed by atoms with Gasteiger partial charge in [-0.25, -0.2) is 0 Å². The zero-order valence-electron chi connectivity index (χ0n) is 6.79. The van der Waals surface area contributed by atoms with Crippen LogP contribution in [0, 0.1) is 5.92 Å². The lowest BCUT2D eigenvalue weighted by atomic mass is 10.1. The summed E-state index contributed by atoms with van der Waals surface area (Å²) in [7, 11) is 1.32. The molecule has 4 nitrogen and oxygen atoms in total. The summed E-state index contributed by atoms with van der Waals surface area (Å²) in [6.45, 7) is 1.69. The van der Waals surface area contributed by atoms with Gasteiger partial charge in [-0.3, -0.25) is 9.59 Å². The van der Waals surface area contributed by atoms with E-state index in [-0.39, 0.29) is 24.2 Å². The number of amides is 1. The van der Waals surface area contributed by atoms with Crippen molar-refractivity contribution in [2.24, 2.45) is 11.7 Å². The lowest BCUT2D eigenvalue weighted by Crippen LogP contribution is -2.21. The number of hydrogen-bond acceptors (Lipinski definition) is 3. The van der Waals surface area contributed by atoms with Gasteiger partial charge in [0.05, 0.1) is 7.11 Å². The first kappa shape index (κ1) is 9.94. The summed E-state index contributed by atoms with van der Waals surface area (Å²) in [4.78, 5) is 21.0. The van der Waals surface area contributed by atoms with Crippen LogP contribution in [0.3, 0.4) is 0 Å². The van der Waals surface area contributed by atoms with E-state index in [2.05, 4.69) is 4.74 Å². The molecule has 0 unspecified atom stereocenters. The summed E-state index contributed by atoms with van der Waals surface area (Å²) < 4.78 is 4.39. The minimum Gasteiger partial charge on any atom is -0.469 e. The van der Waals surface area contributed by atoms with Gasteiger partial charge in [0.15, 0.2) is 0 Å². The number of methoxy groups -OCH3 is 1. The van der Waals surface area contributed by atoms with E-state index in [4.69, 9.17) is 5.73 Å². The molecule has 0 bridgehead atoms. The van der Waals surface area contributed by atoms with E-state index in [9.17, 15) is 9.59 Å². The van der Waals surface area contributed by atoms with Crippen molar-refractivity contribution in [3.05, 3.63) is 0 Å². The van der Waals surface area contributed by atoms with Gasteiger partial charge in [0.25, 0.3) is 0 Å². The average Bonchev–Trinajstić information content (AvgIpc) is 1.99. The van der Waals surface area contributed by atoms with Gasteiger partial charge < -0.3 is 10.5 Å². The van der Waals surface area contributed by atoms with Crippen molar-refractivity contribution in [1.29, 1.82) is 0 Å². The lowest BCUT2D eigenvalue weighted by molar-refractivity contribution is -0.141. The van der Waals surface area contributed by atoms with Crippen LogP contribution in [0.15, 0.2) is 0 Å². The van der Waals surface area contributed by atoms with Crippen LogP contribution >= 0.6 is 0 Å². The van der Waals surface area contributed by atoms with E-state index in [0.29, 0.717) is 6.42 Å². The SMILES string of the molecule is COC(=O)CC[C@H](C)C(N)=O. The molecule has 0 aromatic heterocycles. The maximum atomic E-state index is 10.6. The normalized spacial score (nSPS) is 12.2. The second-order valence-corrected chi connectivity index (χ2v) is 2.42. The third-order valence-electron chi connectivity index (χ3n) is 1.49. The van der Waals surface area contributed by atoms with E-state index in [1.54, 1.807) is 6.92 Å². The van der Waals surface area contributed by atoms with E-state index < -0.39 is 0 Å². The van der Waals surface area contributed by atoms with Crippen molar-refractivity contribution >= 4 is 11.9 Å². The molecular formula is C7H13NO3. The Morgan fingerprint density at radius 2 is 2.09 bits per heavy atom. The van der Waals surface area contributed by atoms with E-state index in [1.807, 2.05) is 0 Å². The molecule has 0 saturated heterocycles. The summed E-state index contributed by atoms with van der Waals surface area (Å²) in [5, 5.41) is 0. The van der Waals surface area contributed by atoms with E-state index >= 15 is 0 Å². The van der Waals surface area contributed by atoms with Crippen molar-refractivity contribution in [2.75, 3.05) is 7.11 Å². The van der Waals surface area contributed by atoms with Gasteiger partial charge in [-0.15, -0.1) is 0 Å². The lowest BCUT2D eigenvalue weighted by Gasteiger charge is -2.04. The summed E-state index contributed by atoms with van der Waals surface area (Å²) in [5.41, 5.74) is 4.97. The number of hydrogen-bond donors (Lipinski definition) is 1. The second kappa shape index (κ2) is 4.71. The fourth-order valence-electron chi connectivity index (χ4n) is 0.579. The molecule has 0 spiro atoms. The first-order valence-corrected chi connectivity index (χ1v) is 3.44. The van der Waals surface area contributed by atoms with E-state index in [1.165, 1.54) is 7.11 Å². The Bertz CT molecular complexity index is 156. The van der Waals surface area contributed by atoms with Crippen LogP contribution in [0.2, 0.25) is 0 Å². The Labute approximate surface area is 65.7 Å². The van der Waals surface area contributed by atoms with Gasteiger partial charge in [-0.05, 0) is 6.42 Å². The first-order chi connectivity index (χ1) is 5.07. The second-order valence-electron chi connectivity index (χ2n) is 2.42. The minimum absolute atomic E-state index is 0.251. The number of esters is 1. The molecule has 0 saturated carbocycles. The molecule has 0 rings (SSSR count). The molecule has 0 aromatic carbocycles. The molecule has 4 heteroatoms. The minimum atomic E-state index is -0.381. The Hall–Kier alpha value is -1.06. The predicted octanol–water partition coefficient (Wildman–Crippen LogP) is 0.0610. The molecule has 64 valence electrons. The predicted molar refractivity (Wildman–Crippen MR) is 39.6 cm³/mol.